The number of alkyl carbamates (subject to hydrolysis) is 1. The molecule has 0 spiro atoms. The van der Waals surface area contributed by atoms with Crippen LogP contribution in [0.4, 0.5) is 20.1 Å². The van der Waals surface area contributed by atoms with E-state index in [9.17, 15) is 14.4 Å². The molecule has 0 aliphatic heterocycles. The van der Waals surface area contributed by atoms with Crippen LogP contribution in [0.5, 0.6) is 11.5 Å². The van der Waals surface area contributed by atoms with Gasteiger partial charge in [-0.05, 0) is 112 Å². The first-order valence-electron chi connectivity index (χ1n) is 19.0. The highest BCUT2D eigenvalue weighted by Crippen LogP contribution is 2.42. The Morgan fingerprint density at radius 1 is 0.909 bits per heavy atom. The van der Waals surface area contributed by atoms with E-state index < -0.39 is 26.0 Å². The minimum absolute atomic E-state index is 0.0534. The van der Waals surface area contributed by atoms with Crippen LogP contribution in [-0.2, 0) is 22.2 Å². The molecule has 0 radical (unpaired) electrons. The van der Waals surface area contributed by atoms with Crippen LogP contribution in [0.25, 0.3) is 11.1 Å². The van der Waals surface area contributed by atoms with Gasteiger partial charge in [0.1, 0.15) is 17.1 Å². The number of primary amides is 1. The second kappa shape index (κ2) is 18.6. The maximum Gasteiger partial charge on any atom is 0.409 e. The number of halogens is 1. The number of ether oxygens (including phenoxy) is 3. The van der Waals surface area contributed by atoms with Crippen molar-refractivity contribution in [1.82, 2.24) is 10.6 Å². The van der Waals surface area contributed by atoms with Gasteiger partial charge < -0.3 is 40.3 Å². The Kier molecular flexibility index (Phi) is 14.7. The Balaban J connectivity index is 1.36. The first-order chi connectivity index (χ1) is 25.8. The Morgan fingerprint density at radius 2 is 1.60 bits per heavy atom. The van der Waals surface area contributed by atoms with E-state index in [1.165, 1.54) is 0 Å². The van der Waals surface area contributed by atoms with Gasteiger partial charge in [-0.15, -0.1) is 0 Å². The van der Waals surface area contributed by atoms with Crippen molar-refractivity contribution in [2.75, 3.05) is 19.0 Å². The van der Waals surface area contributed by atoms with E-state index in [1.807, 2.05) is 57.2 Å². The lowest BCUT2D eigenvalue weighted by atomic mass is 9.79. The minimum atomic E-state index is -1.99. The summed E-state index contributed by atoms with van der Waals surface area (Å²) in [7, 11) is -0.414. The molecule has 0 aromatic heterocycles. The van der Waals surface area contributed by atoms with Gasteiger partial charge in [0.25, 0.3) is 0 Å². The number of carbonyl (C=O) groups excluding carboxylic acids is 3. The highest BCUT2D eigenvalue weighted by Gasteiger charge is 2.37. The maximum atomic E-state index is 12.8. The van der Waals surface area contributed by atoms with Gasteiger partial charge >= 0.3 is 18.2 Å². The molecule has 55 heavy (non-hydrogen) atoms. The van der Waals surface area contributed by atoms with Gasteiger partial charge in [0, 0.05) is 29.8 Å². The summed E-state index contributed by atoms with van der Waals surface area (Å²) in [5, 5.41) is 9.18. The van der Waals surface area contributed by atoms with Crippen molar-refractivity contribution in [1.29, 1.82) is 0 Å². The second-order valence-corrected chi connectivity index (χ2v) is 21.9. The van der Waals surface area contributed by atoms with Crippen LogP contribution < -0.4 is 31.2 Å². The molecule has 4 amide bonds. The zero-order chi connectivity index (χ0) is 40.6. The molecule has 0 atom stereocenters. The molecule has 1 aliphatic carbocycles. The predicted molar refractivity (Wildman–Crippen MR) is 222 cm³/mol. The van der Waals surface area contributed by atoms with E-state index >= 15 is 0 Å². The normalized spacial score (nSPS) is 16.2. The predicted octanol–water partition coefficient (Wildman–Crippen LogP) is 10.3. The molecule has 5 N–H and O–H groups in total. The number of hydrogen-bond donors (Lipinski definition) is 4. The summed E-state index contributed by atoms with van der Waals surface area (Å²) in [6.45, 7) is 17.2. The third-order valence-electron chi connectivity index (χ3n) is 10.3. The van der Waals surface area contributed by atoms with Gasteiger partial charge in [0.2, 0.25) is 0 Å². The molecule has 0 saturated heterocycles. The van der Waals surface area contributed by atoms with Gasteiger partial charge in [-0.1, -0.05) is 68.8 Å². The molecule has 13 heteroatoms. The molecule has 1 aliphatic rings. The number of urea groups is 1. The molecule has 0 heterocycles. The third kappa shape index (κ3) is 12.6. The van der Waals surface area contributed by atoms with E-state index in [0.717, 1.165) is 53.5 Å². The molecular formula is C42H59ClN4O7Si. The van der Waals surface area contributed by atoms with Gasteiger partial charge in [-0.3, -0.25) is 0 Å². The fourth-order valence-electron chi connectivity index (χ4n) is 6.39. The average Bonchev–Trinajstić information content (AvgIpc) is 3.09. The summed E-state index contributed by atoms with van der Waals surface area (Å²) in [4.78, 5) is 37.2. The monoisotopic (exact) mass is 794 g/mol. The molecule has 300 valence electrons. The lowest BCUT2D eigenvalue weighted by Crippen LogP contribution is -2.40. The molecule has 4 rings (SSSR count). The maximum absolute atomic E-state index is 12.8. The summed E-state index contributed by atoms with van der Waals surface area (Å²) in [6, 6.07) is 17.1. The van der Waals surface area contributed by atoms with Crippen molar-refractivity contribution in [3.63, 3.8) is 0 Å². The third-order valence-corrected chi connectivity index (χ3v) is 15.1. The summed E-state index contributed by atoms with van der Waals surface area (Å²) >= 11 is 6.58. The first-order valence-corrected chi connectivity index (χ1v) is 22.3. The average molecular weight is 795 g/mol. The number of amides is 4. The van der Waals surface area contributed by atoms with Crippen LogP contribution in [0.2, 0.25) is 23.2 Å². The number of nitrogens with one attached hydrogen (secondary N) is 3. The number of nitrogens with two attached hydrogens (primary N) is 1. The molecule has 0 bridgehead atoms. The largest absolute Gasteiger partial charge is 0.496 e. The summed E-state index contributed by atoms with van der Waals surface area (Å²) in [6.07, 6.45) is 3.39. The zero-order valence-electron chi connectivity index (χ0n) is 33.8. The van der Waals surface area contributed by atoms with Crippen LogP contribution in [-0.4, -0.2) is 51.8 Å². The van der Waals surface area contributed by atoms with E-state index in [2.05, 4.69) is 55.9 Å². The van der Waals surface area contributed by atoms with Crippen molar-refractivity contribution < 1.29 is 33.0 Å². The molecular weight excluding hydrogens is 736 g/mol. The fraction of sp³-hybridized carbons (Fsp3) is 0.500. The molecule has 3 aromatic rings. The summed E-state index contributed by atoms with van der Waals surface area (Å²) in [5.41, 5.74) is 10.0. The highest BCUT2D eigenvalue weighted by atomic mass is 35.5. The Morgan fingerprint density at radius 3 is 2.24 bits per heavy atom. The molecule has 11 nitrogen and oxygen atoms in total. The van der Waals surface area contributed by atoms with Crippen LogP contribution in [0, 0.1) is 0 Å². The van der Waals surface area contributed by atoms with Crippen molar-refractivity contribution in [2.24, 2.45) is 5.73 Å². The summed E-state index contributed by atoms with van der Waals surface area (Å²) < 4.78 is 23.0. The lowest BCUT2D eigenvalue weighted by molar-refractivity contribution is 0.0491. The Hall–Kier alpha value is -4.26. The van der Waals surface area contributed by atoms with Crippen molar-refractivity contribution >= 4 is 43.8 Å². The SMILES string of the molecule is COc1cc(NC(=O)NCCCc2ccc(-c3ccccc3C3CCC(NC(=O)OC(C)(C)C)CC3)c(OC(N)=O)c2)c(Cl)cc1CO[Si](C)(C)C(C)(C)C. The van der Waals surface area contributed by atoms with Crippen LogP contribution in [0.3, 0.4) is 0 Å². The standard InChI is InChI=1S/C42H59ClN4O7Si/c1-41(2,3)54-40(50)46-30-19-17-28(18-20-30)31-14-10-11-15-32(31)33-21-16-27(23-37(33)53-38(44)48)13-12-22-45-39(49)47-35-25-36(51-7)29(24-34(35)43)26-52-55(8,9)42(4,5)6/h10-11,14-16,21,23-25,28,30H,12-13,17-20,22,26H2,1-9H3,(H2,44,48)(H,46,50)(H2,45,47,49). The van der Waals surface area contributed by atoms with Gasteiger partial charge in [0.05, 0.1) is 24.4 Å². The van der Waals surface area contributed by atoms with Crippen molar-refractivity contribution in [3.8, 4) is 22.6 Å². The van der Waals surface area contributed by atoms with Crippen LogP contribution in [0.15, 0.2) is 54.6 Å². The molecule has 1 fully saturated rings. The van der Waals surface area contributed by atoms with Crippen LogP contribution >= 0.6 is 11.6 Å². The number of anilines is 1. The smallest absolute Gasteiger partial charge is 0.409 e. The minimum Gasteiger partial charge on any atom is -0.496 e. The fourth-order valence-corrected chi connectivity index (χ4v) is 7.57. The zero-order valence-corrected chi connectivity index (χ0v) is 35.6. The van der Waals surface area contributed by atoms with Crippen LogP contribution in [0.1, 0.15) is 96.3 Å². The van der Waals surface area contributed by atoms with Gasteiger partial charge in [0.15, 0.2) is 8.32 Å². The number of methoxy groups -OCH3 is 1. The van der Waals surface area contributed by atoms with E-state index in [-0.39, 0.29) is 23.1 Å². The highest BCUT2D eigenvalue weighted by molar-refractivity contribution is 6.74. The number of rotatable bonds is 13. The lowest BCUT2D eigenvalue weighted by Gasteiger charge is -2.36. The Labute approximate surface area is 332 Å². The molecule has 3 aromatic carbocycles. The first kappa shape index (κ1) is 43.5. The van der Waals surface area contributed by atoms with Crippen molar-refractivity contribution in [2.45, 2.75) is 122 Å². The number of aryl methyl sites for hydroxylation is 1. The topological polar surface area (TPSA) is 150 Å². The molecule has 0 unspecified atom stereocenters. The Bertz CT molecular complexity index is 1810. The molecule has 1 saturated carbocycles. The number of carbonyl (C=O) groups is 3. The van der Waals surface area contributed by atoms with E-state index in [0.29, 0.717) is 48.2 Å². The number of hydrogen-bond acceptors (Lipinski definition) is 7. The van der Waals surface area contributed by atoms with E-state index in [1.54, 1.807) is 19.2 Å². The van der Waals surface area contributed by atoms with Crippen molar-refractivity contribution in [3.05, 3.63) is 76.3 Å². The second-order valence-electron chi connectivity index (χ2n) is 16.7. The number of benzene rings is 3. The van der Waals surface area contributed by atoms with Gasteiger partial charge in [-0.2, -0.15) is 0 Å². The van der Waals surface area contributed by atoms with Gasteiger partial charge in [-0.25, -0.2) is 14.4 Å². The quantitative estimate of drug-likeness (QED) is 0.0993. The van der Waals surface area contributed by atoms with E-state index in [4.69, 9.17) is 36.0 Å². The summed E-state index contributed by atoms with van der Waals surface area (Å²) in [5.74, 6) is 1.23.